The van der Waals surface area contributed by atoms with Gasteiger partial charge in [0.05, 0.1) is 34.3 Å². The monoisotopic (exact) mass is 413 g/mol. The van der Waals surface area contributed by atoms with Gasteiger partial charge in [-0.25, -0.2) is 15.0 Å². The Balaban J connectivity index is 1.51. The standard InChI is InChI=1S/C23H23N7O/c1-4-25-23(31)15-5-7-18-20(11-15)29(3)22(28-18)14(2)21-26-17-8-6-16(12-19(17)27-21)30-10-9-24-13-30/h5-14H,4H2,1-3H3,(H,25,31)(H,26,27). The third-order valence-corrected chi connectivity index (χ3v) is 5.60. The molecule has 156 valence electrons. The van der Waals surface area contributed by atoms with Crippen LogP contribution >= 0.6 is 0 Å². The second-order valence-corrected chi connectivity index (χ2v) is 7.61. The quantitative estimate of drug-likeness (QED) is 0.461. The molecule has 0 aliphatic heterocycles. The summed E-state index contributed by atoms with van der Waals surface area (Å²) in [7, 11) is 1.97. The average molecular weight is 413 g/mol. The van der Waals surface area contributed by atoms with Crippen LogP contribution in [0.3, 0.4) is 0 Å². The zero-order valence-electron chi connectivity index (χ0n) is 17.6. The number of hydrogen-bond donors (Lipinski definition) is 2. The van der Waals surface area contributed by atoms with Gasteiger partial charge in [-0.2, -0.15) is 0 Å². The van der Waals surface area contributed by atoms with Gasteiger partial charge in [-0.1, -0.05) is 0 Å². The maximum atomic E-state index is 12.2. The highest BCUT2D eigenvalue weighted by molar-refractivity contribution is 5.97. The molecule has 0 saturated heterocycles. The van der Waals surface area contributed by atoms with Crippen LogP contribution in [-0.2, 0) is 7.05 Å². The molecule has 0 saturated carbocycles. The van der Waals surface area contributed by atoms with Gasteiger partial charge >= 0.3 is 0 Å². The second kappa shape index (κ2) is 7.39. The molecule has 0 bridgehead atoms. The highest BCUT2D eigenvalue weighted by atomic mass is 16.1. The fourth-order valence-electron chi connectivity index (χ4n) is 3.92. The lowest BCUT2D eigenvalue weighted by Gasteiger charge is -2.09. The first-order chi connectivity index (χ1) is 15.0. The maximum Gasteiger partial charge on any atom is 0.251 e. The zero-order valence-corrected chi connectivity index (χ0v) is 17.6. The highest BCUT2D eigenvalue weighted by Gasteiger charge is 2.20. The summed E-state index contributed by atoms with van der Waals surface area (Å²) < 4.78 is 3.99. The van der Waals surface area contributed by atoms with Gasteiger partial charge < -0.3 is 19.4 Å². The number of H-pyrrole nitrogens is 1. The smallest absolute Gasteiger partial charge is 0.251 e. The van der Waals surface area contributed by atoms with Gasteiger partial charge in [-0.15, -0.1) is 0 Å². The van der Waals surface area contributed by atoms with Crippen molar-refractivity contribution in [2.45, 2.75) is 19.8 Å². The van der Waals surface area contributed by atoms with Crippen molar-refractivity contribution < 1.29 is 4.79 Å². The number of rotatable bonds is 5. The van der Waals surface area contributed by atoms with Crippen molar-refractivity contribution in [2.75, 3.05) is 6.54 Å². The van der Waals surface area contributed by atoms with Crippen molar-refractivity contribution >= 4 is 28.0 Å². The van der Waals surface area contributed by atoms with Crippen LogP contribution in [0.4, 0.5) is 0 Å². The normalized spacial score (nSPS) is 12.5. The highest BCUT2D eigenvalue weighted by Crippen LogP contribution is 2.27. The van der Waals surface area contributed by atoms with Gasteiger partial charge in [0.2, 0.25) is 0 Å². The molecule has 3 heterocycles. The van der Waals surface area contributed by atoms with Gasteiger partial charge in [-0.3, -0.25) is 4.79 Å². The van der Waals surface area contributed by atoms with Crippen molar-refractivity contribution in [3.05, 3.63) is 72.3 Å². The lowest BCUT2D eigenvalue weighted by Crippen LogP contribution is -2.22. The number of hydrogen-bond acceptors (Lipinski definition) is 4. The summed E-state index contributed by atoms with van der Waals surface area (Å²) in [4.78, 5) is 29.4. The Labute approximate surface area is 179 Å². The Kier molecular flexibility index (Phi) is 4.54. The molecule has 5 rings (SSSR count). The van der Waals surface area contributed by atoms with Crippen LogP contribution in [0.1, 0.15) is 41.8 Å². The summed E-state index contributed by atoms with van der Waals surface area (Å²) in [5.41, 5.74) is 5.30. The molecule has 8 heteroatoms. The summed E-state index contributed by atoms with van der Waals surface area (Å²) >= 11 is 0. The molecule has 5 aromatic rings. The number of nitrogens with zero attached hydrogens (tertiary/aromatic N) is 5. The van der Waals surface area contributed by atoms with Gasteiger partial charge in [-0.05, 0) is 50.2 Å². The van der Waals surface area contributed by atoms with E-state index in [9.17, 15) is 4.79 Å². The van der Waals surface area contributed by atoms with E-state index < -0.39 is 0 Å². The molecular formula is C23H23N7O. The minimum Gasteiger partial charge on any atom is -0.352 e. The first kappa shape index (κ1) is 19.0. The summed E-state index contributed by atoms with van der Waals surface area (Å²) in [6.45, 7) is 4.59. The van der Waals surface area contributed by atoms with Gasteiger partial charge in [0, 0.05) is 37.2 Å². The molecule has 3 aromatic heterocycles. The van der Waals surface area contributed by atoms with E-state index in [2.05, 4.69) is 28.3 Å². The van der Waals surface area contributed by atoms with Gasteiger partial charge in [0.1, 0.15) is 11.6 Å². The first-order valence-electron chi connectivity index (χ1n) is 10.3. The predicted octanol–water partition coefficient (Wildman–Crippen LogP) is 3.54. The van der Waals surface area contributed by atoms with E-state index in [-0.39, 0.29) is 11.8 Å². The van der Waals surface area contributed by atoms with Gasteiger partial charge in [0.15, 0.2) is 0 Å². The number of benzene rings is 2. The topological polar surface area (TPSA) is 93.4 Å². The molecule has 0 radical (unpaired) electrons. The Hall–Kier alpha value is -3.94. The van der Waals surface area contributed by atoms with Gasteiger partial charge in [0.25, 0.3) is 5.91 Å². The average Bonchev–Trinajstić information content (AvgIpc) is 3.51. The predicted molar refractivity (Wildman–Crippen MR) is 119 cm³/mol. The van der Waals surface area contributed by atoms with E-state index in [1.807, 2.05) is 59.6 Å². The number of aromatic nitrogens is 6. The maximum absolute atomic E-state index is 12.2. The van der Waals surface area contributed by atoms with E-state index in [4.69, 9.17) is 9.97 Å². The van der Waals surface area contributed by atoms with E-state index in [0.29, 0.717) is 12.1 Å². The number of fused-ring (bicyclic) bond motifs is 2. The molecule has 0 fully saturated rings. The third-order valence-electron chi connectivity index (χ3n) is 5.60. The van der Waals surface area contributed by atoms with Crippen molar-refractivity contribution in [1.29, 1.82) is 0 Å². The van der Waals surface area contributed by atoms with E-state index in [1.54, 1.807) is 12.5 Å². The Morgan fingerprint density at radius 2 is 2.00 bits per heavy atom. The van der Waals surface area contributed by atoms with Crippen LogP contribution in [0.2, 0.25) is 0 Å². The number of carbonyl (C=O) groups is 1. The third kappa shape index (κ3) is 3.26. The SMILES string of the molecule is CCNC(=O)c1ccc2nc(C(C)c3nc4ccc(-n5ccnc5)cc4[nH]3)n(C)c2c1. The molecule has 1 atom stereocenters. The van der Waals surface area contributed by atoms with E-state index in [1.165, 1.54) is 0 Å². The molecule has 2 N–H and O–H groups in total. The Morgan fingerprint density at radius 3 is 2.77 bits per heavy atom. The molecule has 8 nitrogen and oxygen atoms in total. The van der Waals surface area contributed by atoms with Crippen LogP contribution in [0.15, 0.2) is 55.1 Å². The first-order valence-corrected chi connectivity index (χ1v) is 10.3. The largest absolute Gasteiger partial charge is 0.352 e. The molecule has 31 heavy (non-hydrogen) atoms. The summed E-state index contributed by atoms with van der Waals surface area (Å²) in [6, 6.07) is 11.7. The second-order valence-electron chi connectivity index (χ2n) is 7.61. The van der Waals surface area contributed by atoms with Crippen LogP contribution in [0.25, 0.3) is 27.8 Å². The summed E-state index contributed by atoms with van der Waals surface area (Å²) in [5.74, 6) is 1.61. The fraction of sp³-hybridized carbons (Fsp3) is 0.217. The number of amides is 1. The number of aromatic amines is 1. The molecular weight excluding hydrogens is 390 g/mol. The summed E-state index contributed by atoms with van der Waals surface area (Å²) in [5, 5.41) is 2.84. The number of aryl methyl sites for hydroxylation is 1. The molecule has 1 unspecified atom stereocenters. The van der Waals surface area contributed by atoms with Crippen molar-refractivity contribution in [3.63, 3.8) is 0 Å². The molecule has 0 spiro atoms. The molecule has 0 aliphatic rings. The Morgan fingerprint density at radius 1 is 1.16 bits per heavy atom. The number of imidazole rings is 3. The lowest BCUT2D eigenvalue weighted by atomic mass is 10.1. The van der Waals surface area contributed by atoms with Crippen LogP contribution in [0.5, 0.6) is 0 Å². The van der Waals surface area contributed by atoms with E-state index >= 15 is 0 Å². The molecule has 0 aliphatic carbocycles. The summed E-state index contributed by atoms with van der Waals surface area (Å²) in [6.07, 6.45) is 5.44. The number of nitrogens with one attached hydrogen (secondary N) is 2. The van der Waals surface area contributed by atoms with Crippen molar-refractivity contribution in [1.82, 2.24) is 34.4 Å². The molecule has 1 amide bonds. The minimum absolute atomic E-state index is 0.0468. The number of carbonyl (C=O) groups excluding carboxylic acids is 1. The Bertz CT molecular complexity index is 1390. The fourth-order valence-corrected chi connectivity index (χ4v) is 3.92. The van der Waals surface area contributed by atoms with Crippen LogP contribution in [0, 0.1) is 0 Å². The molecule has 2 aromatic carbocycles. The van der Waals surface area contributed by atoms with Crippen LogP contribution in [-0.4, -0.2) is 41.5 Å². The van der Waals surface area contributed by atoms with Crippen molar-refractivity contribution in [2.24, 2.45) is 7.05 Å². The minimum atomic E-state index is -0.0776. The van der Waals surface area contributed by atoms with Crippen LogP contribution < -0.4 is 5.32 Å². The lowest BCUT2D eigenvalue weighted by molar-refractivity contribution is 0.0956. The van der Waals surface area contributed by atoms with E-state index in [0.717, 1.165) is 39.4 Å². The van der Waals surface area contributed by atoms with Crippen molar-refractivity contribution in [3.8, 4) is 5.69 Å². The zero-order chi connectivity index (χ0) is 21.5.